The lowest BCUT2D eigenvalue weighted by molar-refractivity contribution is 0.385. The number of hydrogen-bond donors (Lipinski definition) is 1. The summed E-state index contributed by atoms with van der Waals surface area (Å²) in [5, 5.41) is 3.48. The van der Waals surface area contributed by atoms with Gasteiger partial charge in [0, 0.05) is 4.47 Å². The van der Waals surface area contributed by atoms with Crippen LogP contribution in [-0.4, -0.2) is 13.1 Å². The molecule has 108 valence electrons. The molecular weight excluding hydrogens is 305 g/mol. The van der Waals surface area contributed by atoms with Crippen LogP contribution in [-0.2, 0) is 6.42 Å². The summed E-state index contributed by atoms with van der Waals surface area (Å²) < 4.78 is 14.2. The molecule has 0 spiro atoms. The highest BCUT2D eigenvalue weighted by atomic mass is 79.9. The van der Waals surface area contributed by atoms with E-state index in [1.807, 2.05) is 6.07 Å². The number of rotatable bonds is 8. The summed E-state index contributed by atoms with van der Waals surface area (Å²) >= 11 is 3.36. The molecule has 1 nitrogen and oxygen atoms in total. The first kappa shape index (κ1) is 16.6. The van der Waals surface area contributed by atoms with Gasteiger partial charge in [-0.2, -0.15) is 0 Å². The summed E-state index contributed by atoms with van der Waals surface area (Å²) in [5.74, 6) is 1.08. The molecule has 0 aliphatic heterocycles. The molecule has 1 aromatic carbocycles. The third kappa shape index (κ3) is 7.07. The van der Waals surface area contributed by atoms with Crippen LogP contribution in [0.25, 0.3) is 0 Å². The molecule has 0 aromatic heterocycles. The van der Waals surface area contributed by atoms with Gasteiger partial charge in [-0.05, 0) is 68.0 Å². The molecular formula is C16H25BrFN. The van der Waals surface area contributed by atoms with Gasteiger partial charge in [0.1, 0.15) is 5.82 Å². The maximum absolute atomic E-state index is 13.4. The number of nitrogens with one attached hydrogen (secondary N) is 1. The smallest absolute Gasteiger partial charge is 0.124 e. The summed E-state index contributed by atoms with van der Waals surface area (Å²) in [6, 6.07) is 5.18. The molecule has 1 atom stereocenters. The van der Waals surface area contributed by atoms with Gasteiger partial charge in [0.15, 0.2) is 0 Å². The van der Waals surface area contributed by atoms with Crippen molar-refractivity contribution in [2.24, 2.45) is 11.8 Å². The van der Waals surface area contributed by atoms with E-state index in [4.69, 9.17) is 0 Å². The van der Waals surface area contributed by atoms with Crippen molar-refractivity contribution >= 4 is 15.9 Å². The highest BCUT2D eigenvalue weighted by molar-refractivity contribution is 9.10. The van der Waals surface area contributed by atoms with Crippen LogP contribution >= 0.6 is 15.9 Å². The Balaban J connectivity index is 2.63. The molecule has 0 fully saturated rings. The lowest BCUT2D eigenvalue weighted by Gasteiger charge is -2.20. The molecule has 19 heavy (non-hydrogen) atoms. The normalized spacial score (nSPS) is 12.9. The monoisotopic (exact) mass is 329 g/mol. The Kier molecular flexibility index (Phi) is 7.62. The minimum atomic E-state index is -0.158. The highest BCUT2D eigenvalue weighted by Crippen LogP contribution is 2.21. The van der Waals surface area contributed by atoms with Gasteiger partial charge in [-0.25, -0.2) is 4.39 Å². The fourth-order valence-electron chi connectivity index (χ4n) is 2.45. The van der Waals surface area contributed by atoms with Crippen LogP contribution in [0.4, 0.5) is 4.39 Å². The molecule has 0 saturated heterocycles. The lowest BCUT2D eigenvalue weighted by Crippen LogP contribution is -2.26. The summed E-state index contributed by atoms with van der Waals surface area (Å²) in [7, 11) is 0. The van der Waals surface area contributed by atoms with Crippen LogP contribution in [0, 0.1) is 17.7 Å². The average Bonchev–Trinajstić information content (AvgIpc) is 2.26. The second kappa shape index (κ2) is 8.70. The van der Waals surface area contributed by atoms with Crippen LogP contribution in [0.3, 0.4) is 0 Å². The summed E-state index contributed by atoms with van der Waals surface area (Å²) in [4.78, 5) is 0. The average molecular weight is 330 g/mol. The van der Waals surface area contributed by atoms with Gasteiger partial charge in [0.25, 0.3) is 0 Å². The van der Waals surface area contributed by atoms with Crippen molar-refractivity contribution in [1.29, 1.82) is 0 Å². The van der Waals surface area contributed by atoms with E-state index in [1.54, 1.807) is 6.07 Å². The van der Waals surface area contributed by atoms with E-state index in [2.05, 4.69) is 42.0 Å². The molecule has 3 heteroatoms. The summed E-state index contributed by atoms with van der Waals surface area (Å²) in [6.07, 6.45) is 3.26. The standard InChI is InChI=1S/C16H25BrFN/c1-4-5-19-11-14(6-12(2)3)7-13-8-15(17)10-16(18)9-13/h8-10,12,14,19H,4-7,11H2,1-3H3. The van der Waals surface area contributed by atoms with Gasteiger partial charge in [-0.1, -0.05) is 36.7 Å². The van der Waals surface area contributed by atoms with Crippen molar-refractivity contribution in [2.45, 2.75) is 40.0 Å². The minimum absolute atomic E-state index is 0.158. The molecule has 0 aliphatic carbocycles. The van der Waals surface area contributed by atoms with Gasteiger partial charge in [0.2, 0.25) is 0 Å². The Morgan fingerprint density at radius 3 is 2.58 bits per heavy atom. The van der Waals surface area contributed by atoms with Crippen LogP contribution in [0.1, 0.15) is 39.2 Å². The molecule has 0 saturated carbocycles. The Morgan fingerprint density at radius 1 is 1.26 bits per heavy atom. The van der Waals surface area contributed by atoms with Crippen molar-refractivity contribution in [3.05, 3.63) is 34.1 Å². The summed E-state index contributed by atoms with van der Waals surface area (Å²) in [5.41, 5.74) is 1.08. The predicted molar refractivity (Wildman–Crippen MR) is 83.9 cm³/mol. The lowest BCUT2D eigenvalue weighted by atomic mass is 9.91. The Hall–Kier alpha value is -0.410. The van der Waals surface area contributed by atoms with Gasteiger partial charge >= 0.3 is 0 Å². The van der Waals surface area contributed by atoms with Gasteiger partial charge < -0.3 is 5.32 Å². The van der Waals surface area contributed by atoms with E-state index in [1.165, 1.54) is 12.5 Å². The zero-order chi connectivity index (χ0) is 14.3. The van der Waals surface area contributed by atoms with Gasteiger partial charge in [-0.15, -0.1) is 0 Å². The van der Waals surface area contributed by atoms with E-state index < -0.39 is 0 Å². The van der Waals surface area contributed by atoms with Crippen LogP contribution in [0.2, 0.25) is 0 Å². The van der Waals surface area contributed by atoms with Gasteiger partial charge in [-0.3, -0.25) is 0 Å². The van der Waals surface area contributed by atoms with E-state index in [0.717, 1.165) is 36.0 Å². The number of benzene rings is 1. The maximum atomic E-state index is 13.4. The van der Waals surface area contributed by atoms with Crippen molar-refractivity contribution < 1.29 is 4.39 Å². The Bertz CT molecular complexity index is 359. The molecule has 1 N–H and O–H groups in total. The zero-order valence-corrected chi connectivity index (χ0v) is 13.8. The van der Waals surface area contributed by atoms with E-state index >= 15 is 0 Å². The molecule has 0 aliphatic rings. The minimum Gasteiger partial charge on any atom is -0.316 e. The molecule has 0 bridgehead atoms. The van der Waals surface area contributed by atoms with Crippen LogP contribution in [0.15, 0.2) is 22.7 Å². The molecule has 1 aromatic rings. The zero-order valence-electron chi connectivity index (χ0n) is 12.2. The van der Waals surface area contributed by atoms with Crippen molar-refractivity contribution in [3.63, 3.8) is 0 Å². The third-order valence-corrected chi connectivity index (χ3v) is 3.57. The Labute approximate surface area is 125 Å². The number of hydrogen-bond acceptors (Lipinski definition) is 1. The van der Waals surface area contributed by atoms with Gasteiger partial charge in [0.05, 0.1) is 0 Å². The van der Waals surface area contributed by atoms with E-state index in [0.29, 0.717) is 11.8 Å². The molecule has 1 rings (SSSR count). The SMILES string of the molecule is CCCNCC(Cc1cc(F)cc(Br)c1)CC(C)C. The van der Waals surface area contributed by atoms with Crippen molar-refractivity contribution in [2.75, 3.05) is 13.1 Å². The fraction of sp³-hybridized carbons (Fsp3) is 0.625. The maximum Gasteiger partial charge on any atom is 0.124 e. The predicted octanol–water partition coefficient (Wildman–Crippen LogP) is 4.79. The fourth-order valence-corrected chi connectivity index (χ4v) is 2.96. The first-order valence-electron chi connectivity index (χ1n) is 7.17. The van der Waals surface area contributed by atoms with Crippen LogP contribution < -0.4 is 5.32 Å². The first-order chi connectivity index (χ1) is 9.01. The van der Waals surface area contributed by atoms with Crippen molar-refractivity contribution in [3.8, 4) is 0 Å². The molecule has 0 heterocycles. The quantitative estimate of drug-likeness (QED) is 0.676. The van der Waals surface area contributed by atoms with E-state index in [9.17, 15) is 4.39 Å². The number of halogens is 2. The Morgan fingerprint density at radius 2 is 2.00 bits per heavy atom. The third-order valence-electron chi connectivity index (χ3n) is 3.11. The summed E-state index contributed by atoms with van der Waals surface area (Å²) in [6.45, 7) is 8.73. The molecule has 1 unspecified atom stereocenters. The van der Waals surface area contributed by atoms with E-state index in [-0.39, 0.29) is 5.82 Å². The highest BCUT2D eigenvalue weighted by Gasteiger charge is 2.12. The van der Waals surface area contributed by atoms with Crippen LogP contribution in [0.5, 0.6) is 0 Å². The molecule has 0 radical (unpaired) electrons. The second-order valence-electron chi connectivity index (χ2n) is 5.68. The largest absolute Gasteiger partial charge is 0.316 e. The second-order valence-corrected chi connectivity index (χ2v) is 6.60. The topological polar surface area (TPSA) is 12.0 Å². The first-order valence-corrected chi connectivity index (χ1v) is 7.96. The van der Waals surface area contributed by atoms with Crippen molar-refractivity contribution in [1.82, 2.24) is 5.32 Å². The molecule has 0 amide bonds.